The molecule has 0 spiro atoms. The zero-order chi connectivity index (χ0) is 14.4. The fraction of sp³-hybridized carbons (Fsp3) is 0.538. The Bertz CT molecular complexity index is 259. The Balaban J connectivity index is 0. The lowest BCUT2D eigenvalue weighted by Gasteiger charge is -2.02. The van der Waals surface area contributed by atoms with Crippen molar-refractivity contribution in [3.05, 3.63) is 24.8 Å². The highest BCUT2D eigenvalue weighted by atomic mass is 16.6. The first-order valence-electron chi connectivity index (χ1n) is 5.71. The third-order valence-corrected chi connectivity index (χ3v) is 1.65. The lowest BCUT2D eigenvalue weighted by Crippen LogP contribution is -2.08. The van der Waals surface area contributed by atoms with E-state index >= 15 is 0 Å². The van der Waals surface area contributed by atoms with Crippen molar-refractivity contribution < 1.29 is 24.2 Å². The van der Waals surface area contributed by atoms with Crippen molar-refractivity contribution in [2.75, 3.05) is 19.8 Å². The summed E-state index contributed by atoms with van der Waals surface area (Å²) in [5, 5.41) is 7.89. The first-order valence-corrected chi connectivity index (χ1v) is 5.71. The van der Waals surface area contributed by atoms with Gasteiger partial charge in [0, 0.05) is 18.3 Å². The van der Waals surface area contributed by atoms with Crippen LogP contribution < -0.4 is 0 Å². The van der Waals surface area contributed by atoms with E-state index in [9.17, 15) is 9.59 Å². The average Bonchev–Trinajstić information content (AvgIpc) is 2.33. The molecule has 0 aromatic rings. The van der Waals surface area contributed by atoms with Crippen molar-refractivity contribution in [3.63, 3.8) is 0 Å². The number of esters is 1. The molecule has 0 bridgehead atoms. The summed E-state index contributed by atoms with van der Waals surface area (Å²) < 4.78 is 9.85. The molecule has 0 fully saturated rings. The molecule has 0 radical (unpaired) electrons. The fourth-order valence-electron chi connectivity index (χ4n) is 0.609. The Morgan fingerprint density at radius 3 is 2.22 bits per heavy atom. The lowest BCUT2D eigenvalue weighted by molar-refractivity contribution is -0.139. The van der Waals surface area contributed by atoms with Crippen LogP contribution in [-0.2, 0) is 19.1 Å². The normalized spacial score (nSPS) is 8.78. The van der Waals surface area contributed by atoms with Gasteiger partial charge in [-0.1, -0.05) is 26.5 Å². The number of hydrogen-bond donors (Lipinski definition) is 1. The summed E-state index contributed by atoms with van der Waals surface area (Å²) in [7, 11) is 0. The monoisotopic (exact) mass is 258 g/mol. The maximum Gasteiger partial charge on any atom is 0.330 e. The van der Waals surface area contributed by atoms with Crippen LogP contribution in [0.4, 0.5) is 0 Å². The highest BCUT2D eigenvalue weighted by Gasteiger charge is 1.93. The van der Waals surface area contributed by atoms with E-state index in [-0.39, 0.29) is 5.57 Å². The third-order valence-electron chi connectivity index (χ3n) is 1.65. The molecule has 0 aromatic carbocycles. The van der Waals surface area contributed by atoms with E-state index in [0.717, 1.165) is 25.5 Å². The van der Waals surface area contributed by atoms with Gasteiger partial charge in [-0.25, -0.2) is 9.59 Å². The number of rotatable bonds is 8. The molecule has 0 rings (SSSR count). The first kappa shape index (κ1) is 18.7. The molecule has 0 aromatic heterocycles. The van der Waals surface area contributed by atoms with Gasteiger partial charge in [0.15, 0.2) is 0 Å². The quantitative estimate of drug-likeness (QED) is 0.410. The number of carbonyl (C=O) groups excluding carboxylic acids is 1. The van der Waals surface area contributed by atoms with Gasteiger partial charge >= 0.3 is 11.9 Å². The zero-order valence-electron chi connectivity index (χ0n) is 11.1. The zero-order valence-corrected chi connectivity index (χ0v) is 11.1. The predicted molar refractivity (Wildman–Crippen MR) is 69.3 cm³/mol. The topological polar surface area (TPSA) is 72.8 Å². The van der Waals surface area contributed by atoms with Crippen LogP contribution in [0, 0.1) is 0 Å². The number of carboxylic acids is 1. The summed E-state index contributed by atoms with van der Waals surface area (Å²) in [6, 6.07) is 0. The number of carboxylic acid groups (broad SMARTS) is 1. The van der Waals surface area contributed by atoms with Crippen LogP contribution in [0.15, 0.2) is 24.8 Å². The summed E-state index contributed by atoms with van der Waals surface area (Å²) in [5.41, 5.74) is 0.176. The van der Waals surface area contributed by atoms with Gasteiger partial charge in [-0.15, -0.1) is 0 Å². The van der Waals surface area contributed by atoms with Crippen LogP contribution >= 0.6 is 0 Å². The van der Waals surface area contributed by atoms with E-state index in [1.54, 1.807) is 0 Å². The van der Waals surface area contributed by atoms with Crippen LogP contribution in [0.2, 0.25) is 0 Å². The van der Waals surface area contributed by atoms with Crippen LogP contribution in [0.25, 0.3) is 0 Å². The Labute approximate surface area is 108 Å². The molecule has 0 unspecified atom stereocenters. The standard InChI is InChI=1S/C9H16O3.C4H6O2/c1-3-5-6-11-7-8-12-9(10)4-2;1-3(2)4(5)6/h4H,2-3,5-8H2,1H3;1H2,2H3,(H,5,6). The minimum atomic E-state index is -0.935. The minimum Gasteiger partial charge on any atom is -0.478 e. The van der Waals surface area contributed by atoms with E-state index in [1.165, 1.54) is 6.92 Å². The molecule has 5 heteroatoms. The van der Waals surface area contributed by atoms with E-state index in [1.807, 2.05) is 0 Å². The second kappa shape index (κ2) is 13.4. The van der Waals surface area contributed by atoms with Gasteiger partial charge in [0.25, 0.3) is 0 Å². The predicted octanol–water partition coefficient (Wildman–Crippen LogP) is 2.18. The molecule has 5 nitrogen and oxygen atoms in total. The largest absolute Gasteiger partial charge is 0.478 e. The lowest BCUT2D eigenvalue weighted by atomic mass is 10.4. The smallest absolute Gasteiger partial charge is 0.330 e. The molecule has 0 saturated carbocycles. The Hall–Kier alpha value is -1.62. The Morgan fingerprint density at radius 1 is 1.28 bits per heavy atom. The highest BCUT2D eigenvalue weighted by molar-refractivity contribution is 5.84. The summed E-state index contributed by atoms with van der Waals surface area (Å²) in [4.78, 5) is 20.1. The minimum absolute atomic E-state index is 0.176. The maximum absolute atomic E-state index is 10.5. The first-order chi connectivity index (χ1) is 8.45. The van der Waals surface area contributed by atoms with E-state index in [0.29, 0.717) is 13.2 Å². The van der Waals surface area contributed by atoms with Gasteiger partial charge in [-0.2, -0.15) is 0 Å². The van der Waals surface area contributed by atoms with Gasteiger partial charge in [-0.3, -0.25) is 0 Å². The number of hydrogen-bond acceptors (Lipinski definition) is 4. The number of carbonyl (C=O) groups is 2. The molecule has 0 atom stereocenters. The van der Waals surface area contributed by atoms with Gasteiger partial charge in [-0.05, 0) is 13.3 Å². The summed E-state index contributed by atoms with van der Waals surface area (Å²) in [6.07, 6.45) is 3.31. The molecule has 104 valence electrons. The summed E-state index contributed by atoms with van der Waals surface area (Å²) in [5.74, 6) is -1.33. The SMILES string of the molecule is C=C(C)C(=O)O.C=CC(=O)OCCOCCCC. The molecular weight excluding hydrogens is 236 g/mol. The summed E-state index contributed by atoms with van der Waals surface area (Å²) >= 11 is 0. The molecule has 0 saturated heterocycles. The van der Waals surface area contributed by atoms with Gasteiger partial charge < -0.3 is 14.6 Å². The van der Waals surface area contributed by atoms with Crippen LogP contribution in [-0.4, -0.2) is 36.9 Å². The van der Waals surface area contributed by atoms with Crippen molar-refractivity contribution in [1.29, 1.82) is 0 Å². The number of aliphatic carboxylic acids is 1. The number of unbranched alkanes of at least 4 members (excludes halogenated alkanes) is 1. The van der Waals surface area contributed by atoms with Crippen molar-refractivity contribution in [1.82, 2.24) is 0 Å². The molecule has 1 N–H and O–H groups in total. The van der Waals surface area contributed by atoms with Crippen molar-refractivity contribution in [3.8, 4) is 0 Å². The van der Waals surface area contributed by atoms with Gasteiger partial charge in [0.1, 0.15) is 6.61 Å². The van der Waals surface area contributed by atoms with Crippen LogP contribution in [0.1, 0.15) is 26.7 Å². The van der Waals surface area contributed by atoms with Crippen molar-refractivity contribution >= 4 is 11.9 Å². The van der Waals surface area contributed by atoms with E-state index in [4.69, 9.17) is 9.84 Å². The van der Waals surface area contributed by atoms with Crippen LogP contribution in [0.5, 0.6) is 0 Å². The maximum atomic E-state index is 10.5. The van der Waals surface area contributed by atoms with E-state index in [2.05, 4.69) is 24.8 Å². The van der Waals surface area contributed by atoms with Gasteiger partial charge in [0.2, 0.25) is 0 Å². The Kier molecular flexibility index (Phi) is 14.0. The average molecular weight is 258 g/mol. The Morgan fingerprint density at radius 2 is 1.83 bits per heavy atom. The van der Waals surface area contributed by atoms with Crippen LogP contribution in [0.3, 0.4) is 0 Å². The molecule has 0 amide bonds. The molecule has 18 heavy (non-hydrogen) atoms. The molecule has 0 aliphatic heterocycles. The second-order valence-electron chi connectivity index (χ2n) is 3.42. The number of ether oxygens (including phenoxy) is 2. The molecule has 0 aliphatic rings. The summed E-state index contributed by atoms with van der Waals surface area (Å²) in [6.45, 7) is 11.5. The molecule has 0 aliphatic carbocycles. The van der Waals surface area contributed by atoms with Crippen molar-refractivity contribution in [2.45, 2.75) is 26.7 Å². The molecular formula is C13H22O5. The van der Waals surface area contributed by atoms with Crippen molar-refractivity contribution in [2.24, 2.45) is 0 Å². The third kappa shape index (κ3) is 16.8. The second-order valence-corrected chi connectivity index (χ2v) is 3.42. The van der Waals surface area contributed by atoms with Gasteiger partial charge in [0.05, 0.1) is 6.61 Å². The fourth-order valence-corrected chi connectivity index (χ4v) is 0.609. The molecule has 0 heterocycles. The van der Waals surface area contributed by atoms with E-state index < -0.39 is 11.9 Å². The highest BCUT2D eigenvalue weighted by Crippen LogP contribution is 1.88.